The Labute approximate surface area is 498 Å². The van der Waals surface area contributed by atoms with Gasteiger partial charge in [0.2, 0.25) is 11.8 Å². The molecular formula is C54H106N10O16S2. The highest BCUT2D eigenvalue weighted by Gasteiger charge is 2.38. The second-order valence-electron chi connectivity index (χ2n) is 21.2. The van der Waals surface area contributed by atoms with Gasteiger partial charge in [0.05, 0.1) is 26.3 Å². The minimum Gasteiger partial charge on any atom is -0.480 e. The van der Waals surface area contributed by atoms with Crippen LogP contribution < -0.4 is 16.0 Å². The molecule has 0 fully saturated rings. The third kappa shape index (κ3) is 33.7. The number of carboxylic acid groups (broad SMARTS) is 1. The first-order chi connectivity index (χ1) is 38.1. The fourth-order valence-corrected chi connectivity index (χ4v) is 10.4. The molecule has 480 valence electrons. The maximum absolute atomic E-state index is 13.8. The number of amides is 2. The van der Waals surface area contributed by atoms with Crippen molar-refractivity contribution in [2.75, 3.05) is 169 Å². The molecule has 0 unspecified atom stereocenters. The summed E-state index contributed by atoms with van der Waals surface area (Å²) >= 11 is 3.12. The summed E-state index contributed by atoms with van der Waals surface area (Å²) in [5, 5.41) is 17.5. The minimum atomic E-state index is -0.886. The van der Waals surface area contributed by atoms with Crippen LogP contribution in [0.1, 0.15) is 54.9 Å². The lowest BCUT2D eigenvalue weighted by molar-refractivity contribution is -0.192. The monoisotopic (exact) mass is 1210 g/mol. The summed E-state index contributed by atoms with van der Waals surface area (Å²) in [5.74, 6) is -1.62. The Hall–Kier alpha value is -4.48. The van der Waals surface area contributed by atoms with E-state index in [1.807, 2.05) is 83.7 Å². The highest BCUT2D eigenvalue weighted by molar-refractivity contribution is 7.99. The number of carboxylic acids is 1. The van der Waals surface area contributed by atoms with E-state index in [1.165, 1.54) is 35.8 Å². The van der Waals surface area contributed by atoms with E-state index >= 15 is 0 Å². The Bertz CT molecular complexity index is 1870. The van der Waals surface area contributed by atoms with Gasteiger partial charge in [-0.05, 0) is 116 Å². The molecule has 0 rings (SSSR count). The van der Waals surface area contributed by atoms with Gasteiger partial charge in [-0.15, -0.1) is 0 Å². The molecule has 0 aliphatic heterocycles. The summed E-state index contributed by atoms with van der Waals surface area (Å²) in [6, 6.07) is -4.93. The molecular weight excluding hydrogens is 1110 g/mol. The van der Waals surface area contributed by atoms with Crippen LogP contribution in [0.25, 0.3) is 0 Å². The number of ether oxygens (including phenoxy) is 5. The van der Waals surface area contributed by atoms with E-state index in [4.69, 9.17) is 33.6 Å². The molecule has 82 heavy (non-hydrogen) atoms. The van der Waals surface area contributed by atoms with Gasteiger partial charge in [0.25, 0.3) is 0 Å². The van der Waals surface area contributed by atoms with Crippen molar-refractivity contribution < 1.29 is 76.7 Å². The first kappa shape index (κ1) is 84.0. The maximum atomic E-state index is 13.8. The smallest absolute Gasteiger partial charge is 0.373 e. The standard InChI is InChI=1S/C32H62N6O8S.C12H24N2O4.C9H20N2O2S.CO2/c1-15-22(33-6)16-45-31(42)26(20(2)3)37(12)28(39)24(35(8)9)18-47-19-25(36(10)11)29(40)38(13)27(21(4)5)32(43)46-17-23(34-7)30(41)44-14;1-8(2)10(14(4)5)12(16)18-7-9(13-3)11(15)17-6;1-10(2)5-6-14-7-8(9(12)13)11(3)4;2-1-3/h20-27,33-34H,15-19H2,1-14H3;8-10,13H,7H2,1-6H3;8H,5-7H2,1-4H3,(H,12,13);/t22-,23+,24-,25-,26-,27-;9-,10+;8-;/m010./s1. The fraction of sp³-hybridized carbons (Fsp3) is 0.833. The van der Waals surface area contributed by atoms with Crippen molar-refractivity contribution in [3.8, 4) is 0 Å². The fourth-order valence-electron chi connectivity index (χ4n) is 7.63. The van der Waals surface area contributed by atoms with Crippen molar-refractivity contribution in [2.45, 2.75) is 109 Å². The number of hydrogen-bond donors (Lipinski definition) is 4. The van der Waals surface area contributed by atoms with Gasteiger partial charge in [-0.2, -0.15) is 33.1 Å². The summed E-state index contributed by atoms with van der Waals surface area (Å²) in [7, 11) is 29.2. The van der Waals surface area contributed by atoms with E-state index in [0.29, 0.717) is 17.3 Å². The second kappa shape index (κ2) is 46.8. The Kier molecular flexibility index (Phi) is 48.0. The van der Waals surface area contributed by atoms with E-state index < -0.39 is 66.1 Å². The van der Waals surface area contributed by atoms with Gasteiger partial charge in [-0.1, -0.05) is 48.5 Å². The molecule has 28 heteroatoms. The van der Waals surface area contributed by atoms with Gasteiger partial charge in [0.1, 0.15) is 56.1 Å². The maximum Gasteiger partial charge on any atom is 0.373 e. The van der Waals surface area contributed by atoms with Crippen LogP contribution in [0.5, 0.6) is 0 Å². The molecule has 0 bridgehead atoms. The van der Waals surface area contributed by atoms with E-state index in [1.54, 1.807) is 102 Å². The minimum absolute atomic E-state index is 0.0287. The van der Waals surface area contributed by atoms with Crippen LogP contribution in [0, 0.1) is 17.8 Å². The van der Waals surface area contributed by atoms with Crippen molar-refractivity contribution in [1.29, 1.82) is 0 Å². The normalized spacial score (nSPS) is 14.5. The first-order valence-corrected chi connectivity index (χ1v) is 29.3. The number of nitrogens with one attached hydrogen (secondary N) is 3. The van der Waals surface area contributed by atoms with E-state index in [9.17, 15) is 38.4 Å². The number of thioether (sulfide) groups is 2. The number of aliphatic carboxylic acids is 1. The number of hydrogen-bond acceptors (Lipinski definition) is 25. The van der Waals surface area contributed by atoms with Crippen LogP contribution >= 0.6 is 23.5 Å². The SMILES string of the molecule is CC[C@@H](COC(=O)[C@H](C(C)C)N(C)C(=O)[C@H](CSC[C@@H](C(=O)N(C)[C@H](C(=O)OC[C@@H](NC)C(=O)OC)C(C)C)N(C)C)N(C)C)NC.CN(C)CCSC[C@@H](C(=O)O)N(C)C.CN[C@H](COC(=O)[C@H](C(C)C)N(C)C)C(=O)OC.O=C=O. The van der Waals surface area contributed by atoms with Gasteiger partial charge in [0, 0.05) is 49.7 Å². The van der Waals surface area contributed by atoms with Crippen LogP contribution in [0.2, 0.25) is 0 Å². The third-order valence-electron chi connectivity index (χ3n) is 12.7. The van der Waals surface area contributed by atoms with Gasteiger partial charge in [0.15, 0.2) is 0 Å². The lowest BCUT2D eigenvalue weighted by Crippen LogP contribution is -2.55. The summed E-state index contributed by atoms with van der Waals surface area (Å²) < 4.78 is 25.5. The van der Waals surface area contributed by atoms with Gasteiger partial charge < -0.3 is 59.4 Å². The molecule has 0 aliphatic carbocycles. The number of methoxy groups -OCH3 is 2. The summed E-state index contributed by atoms with van der Waals surface area (Å²) in [6.45, 7) is 14.2. The summed E-state index contributed by atoms with van der Waals surface area (Å²) in [4.78, 5) is 128. The zero-order chi connectivity index (χ0) is 64.7. The molecule has 0 heterocycles. The van der Waals surface area contributed by atoms with Crippen LogP contribution in [-0.4, -0.2) is 317 Å². The van der Waals surface area contributed by atoms with Crippen molar-refractivity contribution >= 4 is 77.3 Å². The largest absolute Gasteiger partial charge is 0.480 e. The van der Waals surface area contributed by atoms with Crippen molar-refractivity contribution in [3.63, 3.8) is 0 Å². The van der Waals surface area contributed by atoms with Crippen LogP contribution in [-0.2, 0) is 71.6 Å². The number of esters is 5. The molecule has 0 aromatic heterocycles. The lowest BCUT2D eigenvalue weighted by Gasteiger charge is -2.35. The average molecular weight is 1220 g/mol. The topological polar surface area (TPSA) is 296 Å². The van der Waals surface area contributed by atoms with Crippen LogP contribution in [0.15, 0.2) is 0 Å². The zero-order valence-corrected chi connectivity index (χ0v) is 55.4. The molecule has 26 nitrogen and oxygen atoms in total. The molecule has 9 atom stereocenters. The zero-order valence-electron chi connectivity index (χ0n) is 53.8. The third-order valence-corrected chi connectivity index (χ3v) is 14.8. The van der Waals surface area contributed by atoms with E-state index in [-0.39, 0.29) is 79.6 Å². The molecule has 0 saturated carbocycles. The molecule has 2 amide bonds. The predicted molar refractivity (Wildman–Crippen MR) is 319 cm³/mol. The van der Waals surface area contributed by atoms with Gasteiger partial charge in [-0.3, -0.25) is 48.4 Å². The number of nitrogens with zero attached hydrogens (tertiary/aromatic N) is 7. The predicted octanol–water partition coefficient (Wildman–Crippen LogP) is -0.0193. The molecule has 0 radical (unpaired) electrons. The number of rotatable bonds is 36. The highest BCUT2D eigenvalue weighted by atomic mass is 32.2. The number of carbonyl (C=O) groups is 8. The van der Waals surface area contributed by atoms with Crippen LogP contribution in [0.3, 0.4) is 0 Å². The summed E-state index contributed by atoms with van der Waals surface area (Å²) in [6.07, 6.45) is 1.05. The Morgan fingerprint density at radius 2 is 0.817 bits per heavy atom. The molecule has 0 aromatic carbocycles. The molecule has 0 aromatic rings. The number of carbonyl (C=O) groups excluding carboxylic acids is 9. The Morgan fingerprint density at radius 3 is 1.07 bits per heavy atom. The Morgan fingerprint density at radius 1 is 0.488 bits per heavy atom. The lowest BCUT2D eigenvalue weighted by atomic mass is 10.0. The van der Waals surface area contributed by atoms with Gasteiger partial charge in [-0.25, -0.2) is 9.59 Å². The average Bonchev–Trinajstić information content (AvgIpc) is 3.40. The quantitative estimate of drug-likeness (QED) is 0.0364. The van der Waals surface area contributed by atoms with Crippen molar-refractivity contribution in [2.24, 2.45) is 17.8 Å². The highest BCUT2D eigenvalue weighted by Crippen LogP contribution is 2.20. The molecule has 0 saturated heterocycles. The van der Waals surface area contributed by atoms with E-state index in [2.05, 4.69) is 25.6 Å². The van der Waals surface area contributed by atoms with Crippen molar-refractivity contribution in [3.05, 3.63) is 0 Å². The van der Waals surface area contributed by atoms with Crippen LogP contribution in [0.4, 0.5) is 0 Å². The summed E-state index contributed by atoms with van der Waals surface area (Å²) in [5.41, 5.74) is 0. The molecule has 0 aliphatic rings. The second-order valence-corrected chi connectivity index (χ2v) is 23.4. The van der Waals surface area contributed by atoms with Crippen molar-refractivity contribution in [1.82, 2.24) is 50.2 Å². The van der Waals surface area contributed by atoms with Gasteiger partial charge >= 0.3 is 42.0 Å². The Balaban J connectivity index is -0.000000701. The molecule has 0 spiro atoms. The first-order valence-electron chi connectivity index (χ1n) is 27.0. The number of likely N-dealkylation sites (N-methyl/N-ethyl adjacent to an activating group) is 9. The molecule has 4 N–H and O–H groups in total. The van der Waals surface area contributed by atoms with E-state index in [0.717, 1.165) is 18.7 Å².